The summed E-state index contributed by atoms with van der Waals surface area (Å²) in [6.07, 6.45) is 1.49. The zero-order valence-corrected chi connectivity index (χ0v) is 13.6. The lowest BCUT2D eigenvalue weighted by atomic mass is 10.2. The molecule has 0 saturated carbocycles. The van der Waals surface area contributed by atoms with Crippen LogP contribution in [0.15, 0.2) is 41.8 Å². The Labute approximate surface area is 134 Å². The van der Waals surface area contributed by atoms with E-state index in [-0.39, 0.29) is 17.0 Å². The fourth-order valence-electron chi connectivity index (χ4n) is 1.48. The lowest BCUT2D eigenvalue weighted by Crippen LogP contribution is -2.29. The van der Waals surface area contributed by atoms with E-state index in [1.807, 2.05) is 0 Å². The highest BCUT2D eigenvalue weighted by molar-refractivity contribution is 7.89. The number of ether oxygens (including phenoxy) is 1. The van der Waals surface area contributed by atoms with Crippen LogP contribution in [0.2, 0.25) is 0 Å². The SMILES string of the molecule is C=CCNC(=O)COC(=O)c1cccc(S(=O)(=O)N(C)OC)c1. The summed E-state index contributed by atoms with van der Waals surface area (Å²) in [5.74, 6) is -1.29. The average molecular weight is 342 g/mol. The van der Waals surface area contributed by atoms with Crippen molar-refractivity contribution in [3.05, 3.63) is 42.5 Å². The third-order valence-electron chi connectivity index (χ3n) is 2.74. The van der Waals surface area contributed by atoms with Crippen molar-refractivity contribution in [1.82, 2.24) is 9.79 Å². The highest BCUT2D eigenvalue weighted by atomic mass is 32.2. The summed E-state index contributed by atoms with van der Waals surface area (Å²) in [7, 11) is -1.44. The zero-order chi connectivity index (χ0) is 17.5. The van der Waals surface area contributed by atoms with Gasteiger partial charge in [-0.25, -0.2) is 13.2 Å². The Morgan fingerprint density at radius 3 is 2.70 bits per heavy atom. The van der Waals surface area contributed by atoms with Gasteiger partial charge in [-0.1, -0.05) is 16.6 Å². The number of hydroxylamine groups is 1. The Hall–Kier alpha value is -2.23. The number of carbonyl (C=O) groups is 2. The molecule has 9 heteroatoms. The molecule has 0 aliphatic rings. The second-order valence-electron chi connectivity index (χ2n) is 4.29. The summed E-state index contributed by atoms with van der Waals surface area (Å²) in [4.78, 5) is 27.7. The second kappa shape index (κ2) is 8.42. The summed E-state index contributed by atoms with van der Waals surface area (Å²) >= 11 is 0. The number of benzene rings is 1. The normalized spacial score (nSPS) is 11.1. The van der Waals surface area contributed by atoms with Gasteiger partial charge in [0.05, 0.1) is 17.6 Å². The number of amides is 1. The lowest BCUT2D eigenvalue weighted by molar-refractivity contribution is -0.124. The molecular weight excluding hydrogens is 324 g/mol. The summed E-state index contributed by atoms with van der Waals surface area (Å²) in [5.41, 5.74) is 0.00657. The van der Waals surface area contributed by atoms with Crippen LogP contribution in [0.1, 0.15) is 10.4 Å². The van der Waals surface area contributed by atoms with E-state index >= 15 is 0 Å². The van der Waals surface area contributed by atoms with E-state index in [1.165, 1.54) is 38.4 Å². The molecule has 0 heterocycles. The van der Waals surface area contributed by atoms with Crippen molar-refractivity contribution in [2.75, 3.05) is 27.3 Å². The molecule has 0 fully saturated rings. The van der Waals surface area contributed by atoms with Crippen LogP contribution in [0.25, 0.3) is 0 Å². The number of nitrogens with one attached hydrogen (secondary N) is 1. The molecule has 0 radical (unpaired) electrons. The number of nitrogens with zero attached hydrogens (tertiary/aromatic N) is 1. The Balaban J connectivity index is 2.82. The Kier molecular flexibility index (Phi) is 6.89. The molecule has 0 saturated heterocycles. The van der Waals surface area contributed by atoms with Gasteiger partial charge in [-0.15, -0.1) is 6.58 Å². The second-order valence-corrected chi connectivity index (χ2v) is 6.23. The van der Waals surface area contributed by atoms with Crippen LogP contribution in [0.4, 0.5) is 0 Å². The predicted octanol–water partition coefficient (Wildman–Crippen LogP) is 0.327. The van der Waals surface area contributed by atoms with Crippen LogP contribution in [-0.4, -0.2) is 52.1 Å². The van der Waals surface area contributed by atoms with Crippen molar-refractivity contribution in [2.24, 2.45) is 0 Å². The first-order chi connectivity index (χ1) is 10.8. The van der Waals surface area contributed by atoms with Crippen molar-refractivity contribution in [1.29, 1.82) is 0 Å². The fourth-order valence-corrected chi connectivity index (χ4v) is 2.50. The summed E-state index contributed by atoms with van der Waals surface area (Å²) in [6.45, 7) is 3.22. The molecule has 0 bridgehead atoms. The molecule has 1 rings (SSSR count). The van der Waals surface area contributed by atoms with Crippen molar-refractivity contribution in [2.45, 2.75) is 4.90 Å². The molecule has 1 aromatic carbocycles. The molecule has 0 aromatic heterocycles. The van der Waals surface area contributed by atoms with E-state index < -0.39 is 28.5 Å². The van der Waals surface area contributed by atoms with Crippen molar-refractivity contribution < 1.29 is 27.6 Å². The van der Waals surface area contributed by atoms with Crippen molar-refractivity contribution >= 4 is 21.9 Å². The molecule has 0 aliphatic carbocycles. The van der Waals surface area contributed by atoms with Gasteiger partial charge in [-0.3, -0.25) is 9.63 Å². The maximum atomic E-state index is 12.1. The molecule has 1 N–H and O–H groups in total. The first kappa shape index (κ1) is 18.8. The average Bonchev–Trinajstić information content (AvgIpc) is 2.56. The van der Waals surface area contributed by atoms with Gasteiger partial charge >= 0.3 is 5.97 Å². The van der Waals surface area contributed by atoms with Gasteiger partial charge in [0.2, 0.25) is 0 Å². The zero-order valence-electron chi connectivity index (χ0n) is 12.8. The molecule has 0 atom stereocenters. The minimum Gasteiger partial charge on any atom is -0.452 e. The molecular formula is C14H18N2O6S. The topological polar surface area (TPSA) is 102 Å². The first-order valence-electron chi connectivity index (χ1n) is 6.50. The van der Waals surface area contributed by atoms with Crippen molar-refractivity contribution in [3.63, 3.8) is 0 Å². The van der Waals surface area contributed by atoms with Gasteiger partial charge in [-0.2, -0.15) is 0 Å². The highest BCUT2D eigenvalue weighted by Crippen LogP contribution is 2.16. The van der Waals surface area contributed by atoms with Crippen LogP contribution in [0.3, 0.4) is 0 Å². The molecule has 23 heavy (non-hydrogen) atoms. The lowest BCUT2D eigenvalue weighted by Gasteiger charge is -2.14. The highest BCUT2D eigenvalue weighted by Gasteiger charge is 2.22. The van der Waals surface area contributed by atoms with Gasteiger partial charge in [0, 0.05) is 13.6 Å². The van der Waals surface area contributed by atoms with Gasteiger partial charge in [0.15, 0.2) is 6.61 Å². The number of esters is 1. The third-order valence-corrected chi connectivity index (χ3v) is 4.42. The Morgan fingerprint density at radius 1 is 1.39 bits per heavy atom. The Bertz CT molecular complexity index is 686. The number of hydrogen-bond donors (Lipinski definition) is 1. The van der Waals surface area contributed by atoms with E-state index in [4.69, 9.17) is 4.74 Å². The molecule has 1 amide bonds. The molecule has 8 nitrogen and oxygen atoms in total. The maximum absolute atomic E-state index is 12.1. The molecule has 0 spiro atoms. The first-order valence-corrected chi connectivity index (χ1v) is 7.94. The van der Waals surface area contributed by atoms with E-state index in [1.54, 1.807) is 0 Å². The summed E-state index contributed by atoms with van der Waals surface area (Å²) < 4.78 is 29.7. The minimum atomic E-state index is -3.88. The molecule has 1 aromatic rings. The summed E-state index contributed by atoms with van der Waals surface area (Å²) in [6, 6.07) is 5.24. The van der Waals surface area contributed by atoms with Gasteiger partial charge in [-0.05, 0) is 18.2 Å². The predicted molar refractivity (Wildman–Crippen MR) is 81.9 cm³/mol. The van der Waals surface area contributed by atoms with E-state index in [0.29, 0.717) is 4.47 Å². The monoisotopic (exact) mass is 342 g/mol. The van der Waals surface area contributed by atoms with Crippen LogP contribution in [-0.2, 0) is 24.4 Å². The molecule has 0 aliphatic heterocycles. The number of carbonyl (C=O) groups excluding carboxylic acids is 2. The largest absolute Gasteiger partial charge is 0.452 e. The number of hydrogen-bond acceptors (Lipinski definition) is 6. The van der Waals surface area contributed by atoms with Crippen LogP contribution in [0, 0.1) is 0 Å². The third kappa shape index (κ3) is 5.16. The van der Waals surface area contributed by atoms with Crippen LogP contribution < -0.4 is 5.32 Å². The quantitative estimate of drug-likeness (QED) is 0.415. The maximum Gasteiger partial charge on any atom is 0.338 e. The van der Waals surface area contributed by atoms with Gasteiger partial charge in [0.25, 0.3) is 15.9 Å². The van der Waals surface area contributed by atoms with E-state index in [0.717, 1.165) is 6.07 Å². The van der Waals surface area contributed by atoms with Gasteiger partial charge in [0.1, 0.15) is 0 Å². The van der Waals surface area contributed by atoms with Crippen LogP contribution in [0.5, 0.6) is 0 Å². The fraction of sp³-hybridized carbons (Fsp3) is 0.286. The van der Waals surface area contributed by atoms with Crippen LogP contribution >= 0.6 is 0 Å². The standard InChI is InChI=1S/C14H18N2O6S/c1-4-8-15-13(17)10-22-14(18)11-6-5-7-12(9-11)23(19,20)16(2)21-3/h4-7,9H,1,8,10H2,2-3H3,(H,15,17). The van der Waals surface area contributed by atoms with Gasteiger partial charge < -0.3 is 10.1 Å². The Morgan fingerprint density at radius 2 is 2.09 bits per heavy atom. The number of rotatable bonds is 8. The van der Waals surface area contributed by atoms with E-state index in [2.05, 4.69) is 16.7 Å². The minimum absolute atomic E-state index is 0.00657. The summed E-state index contributed by atoms with van der Waals surface area (Å²) in [5, 5.41) is 2.44. The smallest absolute Gasteiger partial charge is 0.338 e. The van der Waals surface area contributed by atoms with E-state index in [9.17, 15) is 18.0 Å². The molecule has 126 valence electrons. The number of sulfonamides is 1. The molecule has 0 unspecified atom stereocenters. The van der Waals surface area contributed by atoms with Crippen molar-refractivity contribution in [3.8, 4) is 0 Å².